The van der Waals surface area contributed by atoms with Gasteiger partial charge in [0.05, 0.1) is 23.9 Å². The topological polar surface area (TPSA) is 58.8 Å². The lowest BCUT2D eigenvalue weighted by molar-refractivity contribution is 0.415. The summed E-state index contributed by atoms with van der Waals surface area (Å²) in [4.78, 5) is 9.15. The molecule has 0 aliphatic carbocycles. The van der Waals surface area contributed by atoms with Crippen molar-refractivity contribution in [2.75, 3.05) is 7.11 Å². The Kier molecular flexibility index (Phi) is 5.54. The number of nitriles is 1. The molecule has 148 valence electrons. The fourth-order valence-corrected chi connectivity index (χ4v) is 4.27. The first-order valence-corrected chi connectivity index (χ1v) is 10.5. The van der Waals surface area contributed by atoms with Crippen molar-refractivity contribution < 1.29 is 4.74 Å². The minimum atomic E-state index is 0.328. The Labute approximate surface area is 184 Å². The lowest BCUT2D eigenvalue weighted by Gasteiger charge is -2.05. The van der Waals surface area contributed by atoms with Crippen molar-refractivity contribution in [2.24, 2.45) is 0 Å². The van der Waals surface area contributed by atoms with E-state index in [9.17, 15) is 5.26 Å². The van der Waals surface area contributed by atoms with E-state index in [1.54, 1.807) is 13.2 Å². The first-order chi connectivity index (χ1) is 14.5. The van der Waals surface area contributed by atoms with Gasteiger partial charge in [-0.25, -0.2) is 9.97 Å². The molecule has 0 saturated carbocycles. The second kappa shape index (κ2) is 8.27. The van der Waals surface area contributed by atoms with Gasteiger partial charge in [-0.3, -0.25) is 0 Å². The number of aryl methyl sites for hydroxylation is 2. The monoisotopic (exact) mass is 431 g/mol. The van der Waals surface area contributed by atoms with Gasteiger partial charge in [0.1, 0.15) is 22.0 Å². The molecule has 0 unspecified atom stereocenters. The third kappa shape index (κ3) is 3.93. The maximum absolute atomic E-state index is 9.75. The van der Waals surface area contributed by atoms with Crippen molar-refractivity contribution in [3.05, 3.63) is 74.7 Å². The van der Waals surface area contributed by atoms with E-state index in [0.717, 1.165) is 27.7 Å². The summed E-state index contributed by atoms with van der Waals surface area (Å²) in [6.07, 6.45) is 1.74. The summed E-state index contributed by atoms with van der Waals surface area (Å²) < 4.78 is 5.24. The molecule has 0 atom stereocenters. The van der Waals surface area contributed by atoms with Crippen LogP contribution in [0.15, 0.2) is 47.8 Å². The quantitative estimate of drug-likeness (QED) is 0.266. The Morgan fingerprint density at radius 1 is 1.13 bits per heavy atom. The molecule has 4 nitrogen and oxygen atoms in total. The summed E-state index contributed by atoms with van der Waals surface area (Å²) in [5.41, 5.74) is 6.17. The molecule has 0 fully saturated rings. The number of rotatable bonds is 4. The maximum Gasteiger partial charge on any atom is 0.137 e. The molecule has 4 aromatic rings. The second-order valence-electron chi connectivity index (χ2n) is 6.95. The third-order valence-corrected chi connectivity index (χ3v) is 6.00. The lowest BCUT2D eigenvalue weighted by Crippen LogP contribution is -1.89. The summed E-state index contributed by atoms with van der Waals surface area (Å²) in [6, 6.07) is 16.1. The van der Waals surface area contributed by atoms with E-state index in [4.69, 9.17) is 21.3 Å². The van der Waals surface area contributed by atoms with Crippen LogP contribution in [0.2, 0.25) is 5.15 Å². The van der Waals surface area contributed by atoms with Gasteiger partial charge in [-0.2, -0.15) is 5.26 Å². The number of nitrogens with zero attached hydrogens (tertiary/aromatic N) is 3. The Morgan fingerprint density at radius 3 is 2.70 bits per heavy atom. The van der Waals surface area contributed by atoms with Crippen LogP contribution in [0.3, 0.4) is 0 Å². The Balaban J connectivity index is 1.73. The largest absolute Gasteiger partial charge is 0.497 e. The standard InChI is InChI=1S/C24H18ClN3OS/c1-14-4-7-20(15(2)8-14)22-13-30-24(28-22)18(12-26)10-17-9-16-5-6-19(29-3)11-21(16)27-23(17)25/h4-11,13H,1-3H3. The molecule has 0 radical (unpaired) electrons. The molecule has 0 saturated heterocycles. The van der Waals surface area contributed by atoms with E-state index < -0.39 is 0 Å². The van der Waals surface area contributed by atoms with Crippen LogP contribution in [0.25, 0.3) is 33.8 Å². The molecule has 2 aromatic heterocycles. The molecule has 2 heterocycles. The van der Waals surface area contributed by atoms with Crippen molar-refractivity contribution in [3.63, 3.8) is 0 Å². The number of ether oxygens (including phenoxy) is 1. The summed E-state index contributed by atoms with van der Waals surface area (Å²) in [7, 11) is 1.61. The van der Waals surface area contributed by atoms with E-state index in [1.807, 2.05) is 29.6 Å². The van der Waals surface area contributed by atoms with E-state index in [-0.39, 0.29) is 0 Å². The number of benzene rings is 2. The number of halogens is 1. The molecule has 0 bridgehead atoms. The van der Waals surface area contributed by atoms with E-state index in [1.165, 1.54) is 16.9 Å². The highest BCUT2D eigenvalue weighted by atomic mass is 35.5. The zero-order valence-corrected chi connectivity index (χ0v) is 18.3. The van der Waals surface area contributed by atoms with Crippen LogP contribution < -0.4 is 4.74 Å². The number of allylic oxidation sites excluding steroid dienone is 1. The van der Waals surface area contributed by atoms with Crippen LogP contribution in [0.5, 0.6) is 5.75 Å². The lowest BCUT2D eigenvalue weighted by atomic mass is 10.0. The SMILES string of the molecule is COc1ccc2cc(C=C(C#N)c3nc(-c4ccc(C)cc4C)cs3)c(Cl)nc2c1. The summed E-state index contributed by atoms with van der Waals surface area (Å²) in [5, 5.41) is 13.6. The first kappa shape index (κ1) is 20.1. The normalized spacial score (nSPS) is 11.5. The Bertz CT molecular complexity index is 1330. The Hall–Kier alpha value is -3.20. The van der Waals surface area contributed by atoms with Crippen LogP contribution in [0, 0.1) is 25.2 Å². The molecule has 30 heavy (non-hydrogen) atoms. The zero-order chi connectivity index (χ0) is 21.3. The fraction of sp³-hybridized carbons (Fsp3) is 0.125. The van der Waals surface area contributed by atoms with E-state index >= 15 is 0 Å². The predicted octanol–water partition coefficient (Wildman–Crippen LogP) is 6.70. The minimum absolute atomic E-state index is 0.328. The van der Waals surface area contributed by atoms with Crippen molar-refractivity contribution in [3.8, 4) is 23.1 Å². The number of fused-ring (bicyclic) bond motifs is 1. The molecular weight excluding hydrogens is 414 g/mol. The number of hydrogen-bond acceptors (Lipinski definition) is 5. The molecule has 4 rings (SSSR count). The summed E-state index contributed by atoms with van der Waals surface area (Å²) in [6.45, 7) is 4.13. The zero-order valence-electron chi connectivity index (χ0n) is 16.7. The number of pyridine rings is 1. The van der Waals surface area contributed by atoms with Crippen LogP contribution >= 0.6 is 22.9 Å². The molecule has 0 aliphatic heterocycles. The fourth-order valence-electron chi connectivity index (χ4n) is 3.29. The Morgan fingerprint density at radius 2 is 1.97 bits per heavy atom. The van der Waals surface area contributed by atoms with Gasteiger partial charge in [0.2, 0.25) is 0 Å². The molecule has 0 amide bonds. The van der Waals surface area contributed by atoms with Gasteiger partial charge in [0, 0.05) is 28.0 Å². The smallest absolute Gasteiger partial charge is 0.137 e. The van der Waals surface area contributed by atoms with Crippen LogP contribution in [-0.2, 0) is 0 Å². The predicted molar refractivity (Wildman–Crippen MR) is 124 cm³/mol. The van der Waals surface area contributed by atoms with Gasteiger partial charge in [-0.1, -0.05) is 35.4 Å². The van der Waals surface area contributed by atoms with Gasteiger partial charge in [0.25, 0.3) is 0 Å². The van der Waals surface area contributed by atoms with Crippen molar-refractivity contribution >= 4 is 45.5 Å². The van der Waals surface area contributed by atoms with Crippen molar-refractivity contribution in [2.45, 2.75) is 13.8 Å². The number of aromatic nitrogens is 2. The van der Waals surface area contributed by atoms with Crippen LogP contribution in [-0.4, -0.2) is 17.1 Å². The number of hydrogen-bond donors (Lipinski definition) is 0. The van der Waals surface area contributed by atoms with Crippen LogP contribution in [0.4, 0.5) is 0 Å². The molecule has 0 N–H and O–H groups in total. The highest BCUT2D eigenvalue weighted by Gasteiger charge is 2.12. The van der Waals surface area contributed by atoms with Crippen molar-refractivity contribution in [1.29, 1.82) is 5.26 Å². The third-order valence-electron chi connectivity index (χ3n) is 4.82. The van der Waals surface area contributed by atoms with E-state index in [2.05, 4.69) is 43.1 Å². The van der Waals surface area contributed by atoms with Gasteiger partial charge >= 0.3 is 0 Å². The van der Waals surface area contributed by atoms with Gasteiger partial charge < -0.3 is 4.74 Å². The average molecular weight is 432 g/mol. The van der Waals surface area contributed by atoms with Gasteiger partial charge in [-0.15, -0.1) is 11.3 Å². The van der Waals surface area contributed by atoms with Crippen molar-refractivity contribution in [1.82, 2.24) is 9.97 Å². The van der Waals surface area contributed by atoms with Gasteiger partial charge in [0.15, 0.2) is 0 Å². The number of thiazole rings is 1. The molecular formula is C24H18ClN3OS. The van der Waals surface area contributed by atoms with Gasteiger partial charge in [-0.05, 0) is 43.7 Å². The molecule has 0 aliphatic rings. The maximum atomic E-state index is 9.75. The first-order valence-electron chi connectivity index (χ1n) is 9.28. The second-order valence-corrected chi connectivity index (χ2v) is 8.17. The highest BCUT2D eigenvalue weighted by molar-refractivity contribution is 7.11. The number of methoxy groups -OCH3 is 1. The molecule has 6 heteroatoms. The highest BCUT2D eigenvalue weighted by Crippen LogP contribution is 2.31. The summed E-state index contributed by atoms with van der Waals surface area (Å²) >= 11 is 7.84. The molecule has 2 aromatic carbocycles. The average Bonchev–Trinajstić information content (AvgIpc) is 3.21. The summed E-state index contributed by atoms with van der Waals surface area (Å²) in [5.74, 6) is 0.716. The molecule has 0 spiro atoms. The van der Waals surface area contributed by atoms with E-state index in [0.29, 0.717) is 27.0 Å². The van der Waals surface area contributed by atoms with Crippen LogP contribution in [0.1, 0.15) is 21.7 Å². The minimum Gasteiger partial charge on any atom is -0.497 e.